The fraction of sp³-hybridized carbons (Fsp3) is 0.750. The zero-order valence-electron chi connectivity index (χ0n) is 13.6. The first kappa shape index (κ1) is 23.4. The van der Waals surface area contributed by atoms with Gasteiger partial charge in [0, 0.05) is 0 Å². The lowest BCUT2D eigenvalue weighted by atomic mass is 10.0. The van der Waals surface area contributed by atoms with Gasteiger partial charge in [0.25, 0.3) is 0 Å². The summed E-state index contributed by atoms with van der Waals surface area (Å²) in [5.74, 6) is -1.76. The lowest BCUT2D eigenvalue weighted by molar-refractivity contribution is -0.163. The first-order chi connectivity index (χ1) is 11.8. The largest absolute Gasteiger partial charge is 0.479 e. The molecule has 0 aliphatic rings. The molecular formula is C12H22O13. The van der Waals surface area contributed by atoms with Crippen LogP contribution >= 0.6 is 0 Å². The number of hydrogen-bond donors (Lipinski definition) is 10. The van der Waals surface area contributed by atoms with Gasteiger partial charge in [-0.3, -0.25) is 0 Å². The van der Waals surface area contributed by atoms with Gasteiger partial charge in [-0.05, 0) is 0 Å². The van der Waals surface area contributed by atoms with Gasteiger partial charge >= 0.3 is 5.97 Å². The Balaban J connectivity index is 0. The summed E-state index contributed by atoms with van der Waals surface area (Å²) in [4.78, 5) is 30.2. The van der Waals surface area contributed by atoms with Gasteiger partial charge in [-0.1, -0.05) is 0 Å². The highest BCUT2D eigenvalue weighted by Gasteiger charge is 2.34. The summed E-state index contributed by atoms with van der Waals surface area (Å²) in [5, 5.41) is 87.0. The molecule has 0 saturated carbocycles. The van der Waals surface area contributed by atoms with Gasteiger partial charge in [0.2, 0.25) is 0 Å². The number of carboxylic acid groups (broad SMARTS) is 1. The van der Waals surface area contributed by atoms with Crippen LogP contribution < -0.4 is 0 Å². The zero-order valence-corrected chi connectivity index (χ0v) is 12.6. The van der Waals surface area contributed by atoms with E-state index in [0.29, 0.717) is 0 Å². The van der Waals surface area contributed by atoms with Crippen LogP contribution in [-0.4, -0.2) is 125 Å². The molecule has 0 saturated heterocycles. The van der Waals surface area contributed by atoms with Crippen LogP contribution in [0.4, 0.5) is 0 Å². The van der Waals surface area contributed by atoms with Crippen LogP contribution in [0.25, 0.3) is 0 Å². The average molecular weight is 375 g/mol. The molecule has 0 aliphatic heterocycles. The second-order valence-corrected chi connectivity index (χ2v) is 4.68. The summed E-state index contributed by atoms with van der Waals surface area (Å²) < 4.78 is 6.40. The molecule has 0 radical (unpaired) electrons. The van der Waals surface area contributed by atoms with Crippen molar-refractivity contribution in [3.05, 3.63) is 0 Å². The van der Waals surface area contributed by atoms with Gasteiger partial charge in [-0.2, -0.15) is 0 Å². The Morgan fingerprint density at radius 1 is 0.840 bits per heavy atom. The van der Waals surface area contributed by atoms with Crippen molar-refractivity contribution in [1.29, 1.82) is 0 Å². The first-order valence-corrected chi connectivity index (χ1v) is 6.57. The molecule has 0 aromatic heterocycles. The van der Waals surface area contributed by atoms with Crippen molar-refractivity contribution >= 4 is 18.5 Å². The molecular weight excluding hydrogens is 352 g/mol. The number of aliphatic carboxylic acids is 1. The van der Waals surface area contributed by atoms with E-state index in [0.717, 1.165) is 0 Å². The molecule has 13 nitrogen and oxygen atoms in total. The van der Waals surface area contributed by atoms with Crippen molar-refractivity contribution in [3.8, 4) is 0 Å². The van der Waals surface area contributed by atoms with Gasteiger partial charge in [-0.15, -0.1) is 0 Å². The number of carbonyl (C=O) groups excluding carboxylic acids is 2. The van der Waals surface area contributed by atoms with Gasteiger partial charge < -0.3 is 60.7 Å². The summed E-state index contributed by atoms with van der Waals surface area (Å²) in [6.45, 7) is -0.822. The molecule has 0 aromatic carbocycles. The van der Waals surface area contributed by atoms with Crippen molar-refractivity contribution < 1.29 is 66.8 Å². The van der Waals surface area contributed by atoms with Crippen molar-refractivity contribution in [2.24, 2.45) is 0 Å². The Hall–Kier alpha value is -1.55. The van der Waals surface area contributed by atoms with Crippen LogP contribution in [0.15, 0.2) is 0 Å². The Labute approximate surface area is 142 Å². The highest BCUT2D eigenvalue weighted by atomic mass is 16.4. The van der Waals surface area contributed by atoms with Gasteiger partial charge in [0.1, 0.15) is 44.1 Å². The highest BCUT2D eigenvalue weighted by Crippen LogP contribution is 2.04. The Morgan fingerprint density at radius 2 is 1.28 bits per heavy atom. The monoisotopic (exact) mass is 375 g/mol. The number of aliphatic hydroxyl groups excluding tert-OH is 9. The number of aliphatic hydroxyl groups is 9. The fourth-order valence-corrected chi connectivity index (χ4v) is 1.21. The van der Waals surface area contributed by atoms with Crippen molar-refractivity contribution in [3.63, 3.8) is 0 Å². The number of rotatable bonds is 10. The SMILES string of the molecule is O=C[C@H](O)[C@@H](O)[C@H](O)[C@H](O)C(=O)O.[2H]C(=O)[C@H](O)[C@@H](O)[C@H](O)[C@H](O)CO. The van der Waals surface area contributed by atoms with Gasteiger partial charge in [-0.25, -0.2) is 4.79 Å². The Bertz CT molecular complexity index is 447. The third kappa shape index (κ3) is 8.92. The fourth-order valence-electron chi connectivity index (χ4n) is 1.21. The molecule has 0 heterocycles. The predicted octanol–water partition coefficient (Wildman–Crippen LogP) is -6.67. The molecule has 25 heavy (non-hydrogen) atoms. The summed E-state index contributed by atoms with van der Waals surface area (Å²) in [7, 11) is 0. The van der Waals surface area contributed by atoms with Crippen molar-refractivity contribution in [2.75, 3.05) is 6.61 Å². The predicted molar refractivity (Wildman–Crippen MR) is 74.9 cm³/mol. The second kappa shape index (κ2) is 12.8. The minimum atomic E-state index is -2.25. The molecule has 13 heteroatoms. The quantitative estimate of drug-likeness (QED) is 0.159. The maximum absolute atomic E-state index is 10.2. The molecule has 10 N–H and O–H groups in total. The molecule has 0 amide bonds. The normalized spacial score (nSPS) is 21.1. The van der Waals surface area contributed by atoms with E-state index in [9.17, 15) is 14.4 Å². The molecule has 0 fully saturated rings. The minimum absolute atomic E-state index is 0.0809. The van der Waals surface area contributed by atoms with E-state index in [-0.39, 0.29) is 6.29 Å². The molecule has 0 aliphatic carbocycles. The zero-order chi connectivity index (χ0) is 21.2. The smallest absolute Gasteiger partial charge is 0.335 e. The molecule has 0 rings (SSSR count). The third-order valence-electron chi connectivity index (χ3n) is 2.79. The summed E-state index contributed by atoms with van der Waals surface area (Å²) in [6, 6.07) is 0. The molecule has 0 spiro atoms. The van der Waals surface area contributed by atoms with Crippen LogP contribution in [0.5, 0.6) is 0 Å². The average Bonchev–Trinajstić information content (AvgIpc) is 2.62. The molecule has 0 bridgehead atoms. The molecule has 0 aromatic rings. The minimum Gasteiger partial charge on any atom is -0.479 e. The van der Waals surface area contributed by atoms with E-state index in [2.05, 4.69) is 0 Å². The van der Waals surface area contributed by atoms with Crippen LogP contribution in [0.2, 0.25) is 0 Å². The topological polar surface area (TPSA) is 254 Å². The number of aldehydes is 2. The van der Waals surface area contributed by atoms with Gasteiger partial charge in [0.05, 0.1) is 6.61 Å². The van der Waals surface area contributed by atoms with E-state index in [4.69, 9.17) is 52.4 Å². The van der Waals surface area contributed by atoms with Crippen LogP contribution in [0.3, 0.4) is 0 Å². The Kier molecular flexibility index (Phi) is 12.0. The third-order valence-corrected chi connectivity index (χ3v) is 2.79. The van der Waals surface area contributed by atoms with Crippen molar-refractivity contribution in [2.45, 2.75) is 48.8 Å². The van der Waals surface area contributed by atoms with Crippen LogP contribution in [0.1, 0.15) is 1.37 Å². The number of carboxylic acids is 1. The summed E-state index contributed by atoms with van der Waals surface area (Å²) in [6.07, 6.45) is -17.5. The van der Waals surface area contributed by atoms with E-state index in [1.54, 1.807) is 0 Å². The Morgan fingerprint density at radius 3 is 1.60 bits per heavy atom. The summed E-state index contributed by atoms with van der Waals surface area (Å²) >= 11 is 0. The summed E-state index contributed by atoms with van der Waals surface area (Å²) in [5.41, 5.74) is 0. The van der Waals surface area contributed by atoms with E-state index < -0.39 is 67.7 Å². The van der Waals surface area contributed by atoms with E-state index >= 15 is 0 Å². The number of carbonyl (C=O) groups is 3. The maximum Gasteiger partial charge on any atom is 0.335 e. The van der Waals surface area contributed by atoms with Crippen LogP contribution in [0, 0.1) is 0 Å². The molecule has 8 atom stereocenters. The lowest BCUT2D eigenvalue weighted by Gasteiger charge is -2.22. The van der Waals surface area contributed by atoms with Crippen LogP contribution in [-0.2, 0) is 14.4 Å². The second-order valence-electron chi connectivity index (χ2n) is 4.68. The maximum atomic E-state index is 10.2. The first-order valence-electron chi connectivity index (χ1n) is 7.07. The van der Waals surface area contributed by atoms with E-state index in [1.165, 1.54) is 0 Å². The molecule has 148 valence electrons. The standard InChI is InChI=1S/C6H10O7.C6H12O6/c7-1-2(8)3(9)4(10)5(11)6(12)13;7-1-3(9)5(11)6(12)4(10)2-8/h1-5,8-11H,(H,12,13);1,3-6,8-12H,2H2/t2-,3+,4-,5-;3-,4+,5+,6+/m00/s1/i;1D. The lowest BCUT2D eigenvalue weighted by Crippen LogP contribution is -2.48. The highest BCUT2D eigenvalue weighted by molar-refractivity contribution is 5.73. The van der Waals surface area contributed by atoms with E-state index in [1.807, 2.05) is 0 Å². The number of hydrogen-bond acceptors (Lipinski definition) is 12. The van der Waals surface area contributed by atoms with Crippen molar-refractivity contribution in [1.82, 2.24) is 0 Å². The molecule has 0 unspecified atom stereocenters. The van der Waals surface area contributed by atoms with Gasteiger partial charge in [0.15, 0.2) is 18.7 Å².